The van der Waals surface area contributed by atoms with Crippen LogP contribution >= 0.6 is 0 Å². The Bertz CT molecular complexity index is 640. The molecular weight excluding hydrogens is 262 g/mol. The number of aryl methyl sites for hydroxylation is 4. The summed E-state index contributed by atoms with van der Waals surface area (Å²) in [5.41, 5.74) is 3.38. The molecule has 2 aromatic rings. The molecule has 0 atom stereocenters. The topological polar surface area (TPSA) is 46.8 Å². The van der Waals surface area contributed by atoms with Crippen LogP contribution in [0.15, 0.2) is 12.1 Å². The Kier molecular flexibility index (Phi) is 3.66. The number of aromatic nitrogens is 4. The van der Waals surface area contributed by atoms with Gasteiger partial charge in [-0.15, -0.1) is 0 Å². The molecule has 2 aromatic heterocycles. The average molecular weight is 285 g/mol. The van der Waals surface area contributed by atoms with Crippen molar-refractivity contribution in [2.45, 2.75) is 46.6 Å². The molecule has 3 rings (SSSR count). The molecule has 0 saturated carbocycles. The molecule has 5 nitrogen and oxygen atoms in total. The van der Waals surface area contributed by atoms with E-state index in [1.807, 2.05) is 13.8 Å². The predicted octanol–water partition coefficient (Wildman–Crippen LogP) is 2.61. The number of anilines is 1. The Morgan fingerprint density at radius 1 is 1.10 bits per heavy atom. The van der Waals surface area contributed by atoms with Crippen molar-refractivity contribution in [3.63, 3.8) is 0 Å². The Balaban J connectivity index is 1.72. The van der Waals surface area contributed by atoms with Crippen LogP contribution in [-0.4, -0.2) is 32.8 Å². The van der Waals surface area contributed by atoms with Crippen molar-refractivity contribution in [1.29, 1.82) is 0 Å². The molecule has 0 aliphatic carbocycles. The third kappa shape index (κ3) is 2.77. The van der Waals surface area contributed by atoms with E-state index in [1.54, 1.807) is 0 Å². The quantitative estimate of drug-likeness (QED) is 0.866. The fourth-order valence-corrected chi connectivity index (χ4v) is 2.92. The lowest BCUT2D eigenvalue weighted by molar-refractivity contribution is 0.358. The highest BCUT2D eigenvalue weighted by Gasteiger charge is 2.31. The molecular formula is C16H23N5. The molecule has 1 aliphatic rings. The maximum Gasteiger partial charge on any atom is 0.132 e. The third-order valence-electron chi connectivity index (χ3n) is 3.94. The van der Waals surface area contributed by atoms with Gasteiger partial charge in [0, 0.05) is 37.0 Å². The van der Waals surface area contributed by atoms with Crippen LogP contribution in [0.5, 0.6) is 0 Å². The van der Waals surface area contributed by atoms with Gasteiger partial charge >= 0.3 is 0 Å². The fraction of sp³-hybridized carbons (Fsp3) is 0.562. The molecule has 0 unspecified atom stereocenters. The normalized spacial score (nSPS) is 15.3. The first kappa shape index (κ1) is 14.0. The largest absolute Gasteiger partial charge is 0.352 e. The highest BCUT2D eigenvalue weighted by atomic mass is 15.4. The number of rotatable bonds is 4. The van der Waals surface area contributed by atoms with Crippen LogP contribution in [0.25, 0.3) is 0 Å². The Morgan fingerprint density at radius 2 is 1.86 bits per heavy atom. The van der Waals surface area contributed by atoms with Gasteiger partial charge in [0.05, 0.1) is 11.7 Å². The second-order valence-electron chi connectivity index (χ2n) is 5.96. The first-order chi connectivity index (χ1) is 10.1. The van der Waals surface area contributed by atoms with E-state index >= 15 is 0 Å². The van der Waals surface area contributed by atoms with Crippen LogP contribution < -0.4 is 4.90 Å². The van der Waals surface area contributed by atoms with Gasteiger partial charge in [-0.05, 0) is 33.3 Å². The number of nitrogens with zero attached hydrogens (tertiary/aromatic N) is 5. The molecule has 21 heavy (non-hydrogen) atoms. The van der Waals surface area contributed by atoms with E-state index in [9.17, 15) is 0 Å². The predicted molar refractivity (Wildman–Crippen MR) is 83.7 cm³/mol. The van der Waals surface area contributed by atoms with Gasteiger partial charge in [-0.1, -0.05) is 6.92 Å². The van der Waals surface area contributed by atoms with Crippen molar-refractivity contribution < 1.29 is 0 Å². The lowest BCUT2D eigenvalue weighted by atomic mass is 10.1. The molecule has 1 saturated heterocycles. The lowest BCUT2D eigenvalue weighted by Gasteiger charge is -2.40. The van der Waals surface area contributed by atoms with Gasteiger partial charge in [-0.3, -0.25) is 4.68 Å². The Labute approximate surface area is 126 Å². The first-order valence-electron chi connectivity index (χ1n) is 7.69. The summed E-state index contributed by atoms with van der Waals surface area (Å²) >= 11 is 0. The summed E-state index contributed by atoms with van der Waals surface area (Å²) in [7, 11) is 0. The highest BCUT2D eigenvalue weighted by molar-refractivity contribution is 5.43. The van der Waals surface area contributed by atoms with Crippen LogP contribution in [0.4, 0.5) is 5.82 Å². The summed E-state index contributed by atoms with van der Waals surface area (Å²) in [6.45, 7) is 10.3. The molecule has 1 fully saturated rings. The van der Waals surface area contributed by atoms with Gasteiger partial charge in [0.25, 0.3) is 0 Å². The van der Waals surface area contributed by atoms with E-state index in [-0.39, 0.29) is 0 Å². The van der Waals surface area contributed by atoms with Crippen LogP contribution in [0, 0.1) is 20.8 Å². The van der Waals surface area contributed by atoms with Crippen molar-refractivity contribution in [2.24, 2.45) is 0 Å². The van der Waals surface area contributed by atoms with Crippen molar-refractivity contribution in [1.82, 2.24) is 19.7 Å². The van der Waals surface area contributed by atoms with Crippen LogP contribution in [0.3, 0.4) is 0 Å². The molecule has 0 spiro atoms. The summed E-state index contributed by atoms with van der Waals surface area (Å²) in [6, 6.07) is 4.68. The Morgan fingerprint density at radius 3 is 2.48 bits per heavy atom. The van der Waals surface area contributed by atoms with Crippen molar-refractivity contribution in [2.75, 3.05) is 18.0 Å². The van der Waals surface area contributed by atoms with Gasteiger partial charge < -0.3 is 4.90 Å². The number of hydrogen-bond acceptors (Lipinski definition) is 4. The molecule has 0 amide bonds. The van der Waals surface area contributed by atoms with Crippen LogP contribution in [-0.2, 0) is 6.42 Å². The van der Waals surface area contributed by atoms with Gasteiger partial charge in [0.1, 0.15) is 11.6 Å². The molecule has 5 heteroatoms. The summed E-state index contributed by atoms with van der Waals surface area (Å²) in [5.74, 6) is 2.02. The van der Waals surface area contributed by atoms with Crippen molar-refractivity contribution in [3.8, 4) is 0 Å². The van der Waals surface area contributed by atoms with Crippen LogP contribution in [0.2, 0.25) is 0 Å². The molecule has 1 aliphatic heterocycles. The van der Waals surface area contributed by atoms with E-state index in [2.05, 4.69) is 50.6 Å². The van der Waals surface area contributed by atoms with E-state index in [0.717, 1.165) is 49.0 Å². The third-order valence-corrected chi connectivity index (χ3v) is 3.94. The zero-order valence-electron chi connectivity index (χ0n) is 13.3. The van der Waals surface area contributed by atoms with Gasteiger partial charge in [0.2, 0.25) is 0 Å². The SMILES string of the molecule is CCCc1nc(C)cc(N2CC(n3nc(C)cc3C)C2)n1. The maximum absolute atomic E-state index is 4.69. The Hall–Kier alpha value is -1.91. The second kappa shape index (κ2) is 5.47. The molecule has 3 heterocycles. The average Bonchev–Trinajstić information content (AvgIpc) is 2.66. The van der Waals surface area contributed by atoms with E-state index in [4.69, 9.17) is 0 Å². The summed E-state index contributed by atoms with van der Waals surface area (Å²) in [5, 5.41) is 4.58. The van der Waals surface area contributed by atoms with E-state index in [1.165, 1.54) is 5.69 Å². The van der Waals surface area contributed by atoms with Gasteiger partial charge in [-0.25, -0.2) is 9.97 Å². The minimum atomic E-state index is 0.462. The summed E-state index contributed by atoms with van der Waals surface area (Å²) in [6.07, 6.45) is 2.03. The fourth-order valence-electron chi connectivity index (χ4n) is 2.92. The lowest BCUT2D eigenvalue weighted by Crippen LogP contribution is -2.49. The minimum absolute atomic E-state index is 0.462. The van der Waals surface area contributed by atoms with Crippen molar-refractivity contribution >= 4 is 5.82 Å². The molecule has 0 bridgehead atoms. The zero-order valence-corrected chi connectivity index (χ0v) is 13.3. The summed E-state index contributed by atoms with van der Waals surface area (Å²) < 4.78 is 2.15. The van der Waals surface area contributed by atoms with E-state index < -0.39 is 0 Å². The molecule has 112 valence electrons. The smallest absolute Gasteiger partial charge is 0.132 e. The van der Waals surface area contributed by atoms with E-state index in [0.29, 0.717) is 6.04 Å². The minimum Gasteiger partial charge on any atom is -0.352 e. The highest BCUT2D eigenvalue weighted by Crippen LogP contribution is 2.27. The molecule has 0 N–H and O–H groups in total. The zero-order chi connectivity index (χ0) is 15.0. The second-order valence-corrected chi connectivity index (χ2v) is 5.96. The monoisotopic (exact) mass is 285 g/mol. The maximum atomic E-state index is 4.69. The van der Waals surface area contributed by atoms with Gasteiger partial charge in [0.15, 0.2) is 0 Å². The van der Waals surface area contributed by atoms with Gasteiger partial charge in [-0.2, -0.15) is 5.10 Å². The van der Waals surface area contributed by atoms with Crippen molar-refractivity contribution in [3.05, 3.63) is 35.0 Å². The standard InChI is InChI=1S/C16H23N5/c1-5-6-15-17-11(2)8-16(18-15)20-9-14(10-20)21-13(4)7-12(3)19-21/h7-8,14H,5-6,9-10H2,1-4H3. The van der Waals surface area contributed by atoms with Crippen LogP contribution in [0.1, 0.15) is 42.3 Å². The molecule has 0 radical (unpaired) electrons. The number of hydrogen-bond donors (Lipinski definition) is 0. The molecule has 0 aromatic carbocycles. The summed E-state index contributed by atoms with van der Waals surface area (Å²) in [4.78, 5) is 11.5. The first-order valence-corrected chi connectivity index (χ1v) is 7.69.